The first-order valence-corrected chi connectivity index (χ1v) is 8.55. The molecule has 0 aliphatic rings. The third-order valence-electron chi connectivity index (χ3n) is 3.66. The van der Waals surface area contributed by atoms with Crippen LogP contribution < -0.4 is 14.8 Å². The highest BCUT2D eigenvalue weighted by molar-refractivity contribution is 6.02. The van der Waals surface area contributed by atoms with Crippen molar-refractivity contribution in [3.05, 3.63) is 59.7 Å². The lowest BCUT2D eigenvalue weighted by atomic mass is 10.1. The number of carbonyl (C=O) groups excluding carboxylic acids is 2. The topological polar surface area (TPSA) is 73.9 Å². The van der Waals surface area contributed by atoms with Gasteiger partial charge in [0.05, 0.1) is 26.4 Å². The lowest BCUT2D eigenvalue weighted by Crippen LogP contribution is -2.10. The third kappa shape index (κ3) is 5.88. The van der Waals surface area contributed by atoms with Gasteiger partial charge in [0.1, 0.15) is 11.5 Å². The summed E-state index contributed by atoms with van der Waals surface area (Å²) in [4.78, 5) is 24.1. The van der Waals surface area contributed by atoms with Gasteiger partial charge in [0.15, 0.2) is 0 Å². The van der Waals surface area contributed by atoms with Gasteiger partial charge < -0.3 is 19.5 Å². The van der Waals surface area contributed by atoms with Crippen molar-refractivity contribution in [1.29, 1.82) is 0 Å². The van der Waals surface area contributed by atoms with Gasteiger partial charge in [-0.15, -0.1) is 0 Å². The standard InChI is InChI=1S/C21H23NO5/c1-4-12-27-21(24)16-6-5-7-17(13-16)22-20(23)11-9-15-8-10-18(25-2)14-19(15)26-3/h5-11,13-14H,4,12H2,1-3H3,(H,22,23)/b11-9+. The second-order valence-electron chi connectivity index (χ2n) is 5.65. The molecule has 0 saturated heterocycles. The second kappa shape index (κ2) is 10.0. The minimum atomic E-state index is -0.411. The molecule has 142 valence electrons. The Kier molecular flexibility index (Phi) is 7.43. The van der Waals surface area contributed by atoms with E-state index in [0.29, 0.717) is 29.4 Å². The van der Waals surface area contributed by atoms with Crippen LogP contribution in [0.1, 0.15) is 29.3 Å². The Bertz CT molecular complexity index is 829. The van der Waals surface area contributed by atoms with Crippen LogP contribution in [0, 0.1) is 0 Å². The Morgan fingerprint density at radius 1 is 1.07 bits per heavy atom. The molecule has 1 N–H and O–H groups in total. The van der Waals surface area contributed by atoms with Crippen LogP contribution in [0.4, 0.5) is 5.69 Å². The third-order valence-corrected chi connectivity index (χ3v) is 3.66. The van der Waals surface area contributed by atoms with Gasteiger partial charge >= 0.3 is 5.97 Å². The molecule has 0 unspecified atom stereocenters. The van der Waals surface area contributed by atoms with Gasteiger partial charge in [-0.25, -0.2) is 4.79 Å². The van der Waals surface area contributed by atoms with Crippen LogP contribution in [-0.4, -0.2) is 32.7 Å². The molecule has 2 aromatic rings. The zero-order chi connectivity index (χ0) is 19.6. The number of hydrogen-bond acceptors (Lipinski definition) is 5. The highest BCUT2D eigenvalue weighted by Crippen LogP contribution is 2.25. The van der Waals surface area contributed by atoms with E-state index in [4.69, 9.17) is 14.2 Å². The van der Waals surface area contributed by atoms with Crippen molar-refractivity contribution in [2.24, 2.45) is 0 Å². The summed E-state index contributed by atoms with van der Waals surface area (Å²) >= 11 is 0. The van der Waals surface area contributed by atoms with Crippen LogP contribution in [0.2, 0.25) is 0 Å². The predicted octanol–water partition coefficient (Wildman–Crippen LogP) is 3.92. The fourth-order valence-electron chi connectivity index (χ4n) is 2.31. The van der Waals surface area contributed by atoms with Crippen molar-refractivity contribution < 1.29 is 23.8 Å². The number of esters is 1. The van der Waals surface area contributed by atoms with Gasteiger partial charge in [-0.1, -0.05) is 13.0 Å². The minimum absolute atomic E-state index is 0.327. The van der Waals surface area contributed by atoms with Crippen LogP contribution in [-0.2, 0) is 9.53 Å². The second-order valence-corrected chi connectivity index (χ2v) is 5.65. The van der Waals surface area contributed by atoms with Crippen molar-refractivity contribution in [2.75, 3.05) is 26.1 Å². The first-order valence-electron chi connectivity index (χ1n) is 8.55. The average molecular weight is 369 g/mol. The number of hydrogen-bond donors (Lipinski definition) is 1. The van der Waals surface area contributed by atoms with Crippen molar-refractivity contribution in [3.63, 3.8) is 0 Å². The van der Waals surface area contributed by atoms with E-state index < -0.39 is 5.97 Å². The smallest absolute Gasteiger partial charge is 0.338 e. The lowest BCUT2D eigenvalue weighted by Gasteiger charge is -2.08. The maximum Gasteiger partial charge on any atom is 0.338 e. The van der Waals surface area contributed by atoms with Crippen molar-refractivity contribution in [3.8, 4) is 11.5 Å². The largest absolute Gasteiger partial charge is 0.497 e. The molecule has 0 radical (unpaired) electrons. The zero-order valence-corrected chi connectivity index (χ0v) is 15.7. The normalized spacial score (nSPS) is 10.5. The van der Waals surface area contributed by atoms with Gasteiger partial charge in [-0.05, 0) is 42.8 Å². The highest BCUT2D eigenvalue weighted by atomic mass is 16.5. The molecule has 2 rings (SSSR count). The van der Waals surface area contributed by atoms with Crippen molar-refractivity contribution in [1.82, 2.24) is 0 Å². The molecular formula is C21H23NO5. The number of nitrogens with one attached hydrogen (secondary N) is 1. The molecule has 6 heteroatoms. The van der Waals surface area contributed by atoms with E-state index in [-0.39, 0.29) is 5.91 Å². The molecule has 1 amide bonds. The predicted molar refractivity (Wildman–Crippen MR) is 104 cm³/mol. The Balaban J connectivity index is 2.05. The van der Waals surface area contributed by atoms with E-state index in [9.17, 15) is 9.59 Å². The van der Waals surface area contributed by atoms with Gasteiger partial charge in [0.25, 0.3) is 0 Å². The Morgan fingerprint density at radius 2 is 1.89 bits per heavy atom. The zero-order valence-electron chi connectivity index (χ0n) is 15.7. The molecule has 0 heterocycles. The first kappa shape index (κ1) is 20.0. The number of benzene rings is 2. The monoisotopic (exact) mass is 369 g/mol. The summed E-state index contributed by atoms with van der Waals surface area (Å²) in [5.74, 6) is 0.526. The van der Waals surface area contributed by atoms with Crippen molar-refractivity contribution in [2.45, 2.75) is 13.3 Å². The minimum Gasteiger partial charge on any atom is -0.497 e. The summed E-state index contributed by atoms with van der Waals surface area (Å²) in [6.07, 6.45) is 3.79. The lowest BCUT2D eigenvalue weighted by molar-refractivity contribution is -0.111. The van der Waals surface area contributed by atoms with Crippen LogP contribution in [0.15, 0.2) is 48.5 Å². The fourth-order valence-corrected chi connectivity index (χ4v) is 2.31. The van der Waals surface area contributed by atoms with E-state index in [1.54, 1.807) is 62.8 Å². The molecule has 0 spiro atoms. The summed E-state index contributed by atoms with van der Waals surface area (Å²) in [5, 5.41) is 2.72. The number of amides is 1. The summed E-state index contributed by atoms with van der Waals surface area (Å²) in [6, 6.07) is 11.9. The molecule has 2 aromatic carbocycles. The van der Waals surface area contributed by atoms with Crippen molar-refractivity contribution >= 4 is 23.6 Å². The highest BCUT2D eigenvalue weighted by Gasteiger charge is 2.08. The molecule has 0 atom stereocenters. The van der Waals surface area contributed by atoms with E-state index in [1.165, 1.54) is 6.08 Å². The Hall–Kier alpha value is -3.28. The van der Waals surface area contributed by atoms with Crippen LogP contribution in [0.3, 0.4) is 0 Å². The van der Waals surface area contributed by atoms with E-state index >= 15 is 0 Å². The fraction of sp³-hybridized carbons (Fsp3) is 0.238. The molecule has 0 aliphatic carbocycles. The maximum absolute atomic E-state index is 12.2. The number of anilines is 1. The maximum atomic E-state index is 12.2. The van der Waals surface area contributed by atoms with Crippen LogP contribution >= 0.6 is 0 Å². The number of carbonyl (C=O) groups is 2. The van der Waals surface area contributed by atoms with Gasteiger partial charge in [-0.3, -0.25) is 4.79 Å². The van der Waals surface area contributed by atoms with E-state index in [0.717, 1.165) is 12.0 Å². The molecular weight excluding hydrogens is 346 g/mol. The average Bonchev–Trinajstić information content (AvgIpc) is 2.70. The number of methoxy groups -OCH3 is 2. The molecule has 27 heavy (non-hydrogen) atoms. The molecule has 0 aromatic heterocycles. The van der Waals surface area contributed by atoms with E-state index in [2.05, 4.69) is 5.32 Å². The molecule has 6 nitrogen and oxygen atoms in total. The Labute approximate surface area is 158 Å². The molecule has 0 aliphatic heterocycles. The number of rotatable bonds is 8. The summed E-state index contributed by atoms with van der Waals surface area (Å²) in [5.41, 5.74) is 1.64. The molecule has 0 saturated carbocycles. The quantitative estimate of drug-likeness (QED) is 0.564. The first-order chi connectivity index (χ1) is 13.1. The van der Waals surface area contributed by atoms with Gasteiger partial charge in [-0.2, -0.15) is 0 Å². The van der Waals surface area contributed by atoms with E-state index in [1.807, 2.05) is 6.92 Å². The summed E-state index contributed by atoms with van der Waals surface area (Å²) < 4.78 is 15.5. The summed E-state index contributed by atoms with van der Waals surface area (Å²) in [7, 11) is 3.12. The van der Waals surface area contributed by atoms with Crippen LogP contribution in [0.25, 0.3) is 6.08 Å². The molecule has 0 fully saturated rings. The Morgan fingerprint density at radius 3 is 2.59 bits per heavy atom. The molecule has 0 bridgehead atoms. The summed E-state index contributed by atoms with van der Waals surface area (Å²) in [6.45, 7) is 2.29. The van der Waals surface area contributed by atoms with Crippen LogP contribution in [0.5, 0.6) is 11.5 Å². The number of ether oxygens (including phenoxy) is 3. The SMILES string of the molecule is CCCOC(=O)c1cccc(NC(=O)/C=C/c2ccc(OC)cc2OC)c1. The van der Waals surface area contributed by atoms with Gasteiger partial charge in [0.2, 0.25) is 5.91 Å². The van der Waals surface area contributed by atoms with Gasteiger partial charge in [0, 0.05) is 23.4 Å².